The second-order valence-electron chi connectivity index (χ2n) is 6.99. The van der Waals surface area contributed by atoms with Crippen LogP contribution in [0.4, 0.5) is 5.00 Å². The van der Waals surface area contributed by atoms with Crippen LogP contribution in [-0.2, 0) is 17.6 Å². The summed E-state index contributed by atoms with van der Waals surface area (Å²) >= 11 is 3.50. The molecule has 0 spiro atoms. The molecular weight excluding hydrogens is 366 g/mol. The Bertz CT molecular complexity index is 662. The van der Waals surface area contributed by atoms with Gasteiger partial charge in [-0.3, -0.25) is 9.69 Å². The summed E-state index contributed by atoms with van der Waals surface area (Å²) in [5.74, 6) is 2.12. The zero-order valence-corrected chi connectivity index (χ0v) is 16.8. The smallest absolute Gasteiger partial charge is 0.239 e. The highest BCUT2D eigenvalue weighted by Gasteiger charge is 2.25. The normalized spacial score (nSPS) is 20.3. The molecule has 1 atom stereocenters. The zero-order chi connectivity index (χ0) is 18.4. The molecule has 1 saturated heterocycles. The molecule has 142 valence electrons. The summed E-state index contributed by atoms with van der Waals surface area (Å²) < 4.78 is 0. The van der Waals surface area contributed by atoms with Crippen molar-refractivity contribution in [3.8, 4) is 6.07 Å². The Morgan fingerprint density at radius 1 is 1.31 bits per heavy atom. The Kier molecular flexibility index (Phi) is 7.38. The number of thiophene rings is 1. The number of carbonyl (C=O) groups excluding carboxylic acids is 1. The van der Waals surface area contributed by atoms with Crippen LogP contribution >= 0.6 is 23.1 Å². The number of anilines is 1. The van der Waals surface area contributed by atoms with Crippen LogP contribution in [0.2, 0.25) is 0 Å². The summed E-state index contributed by atoms with van der Waals surface area (Å²) in [6, 6.07) is 2.67. The average Bonchev–Trinajstić information content (AvgIpc) is 2.81. The summed E-state index contributed by atoms with van der Waals surface area (Å²) in [6.07, 6.45) is 7.70. The van der Waals surface area contributed by atoms with Gasteiger partial charge in [-0.25, -0.2) is 0 Å². The monoisotopic (exact) mass is 393 g/mol. The molecular formula is C19H27N3O2S2. The second kappa shape index (κ2) is 9.75. The molecule has 1 fully saturated rings. The van der Waals surface area contributed by atoms with Crippen molar-refractivity contribution in [2.24, 2.45) is 0 Å². The molecule has 3 rings (SSSR count). The van der Waals surface area contributed by atoms with Gasteiger partial charge < -0.3 is 10.4 Å². The highest BCUT2D eigenvalue weighted by Crippen LogP contribution is 2.37. The van der Waals surface area contributed by atoms with Crippen molar-refractivity contribution in [3.05, 3.63) is 16.0 Å². The fourth-order valence-corrected chi connectivity index (χ4v) is 6.27. The van der Waals surface area contributed by atoms with Crippen LogP contribution in [0.1, 0.15) is 48.1 Å². The van der Waals surface area contributed by atoms with Crippen LogP contribution in [0.3, 0.4) is 0 Å². The topological polar surface area (TPSA) is 76.4 Å². The Hall–Kier alpha value is -1.07. The van der Waals surface area contributed by atoms with Crippen LogP contribution in [0.25, 0.3) is 0 Å². The van der Waals surface area contributed by atoms with E-state index in [9.17, 15) is 15.2 Å². The molecule has 2 N–H and O–H groups in total. The van der Waals surface area contributed by atoms with Crippen molar-refractivity contribution in [3.63, 3.8) is 0 Å². The standard InChI is InChI=1S/C19H27N3O2S2/c20-11-16-15-6-2-1-3-7-17(15)26-19(16)21-18(24)12-22(8-9-23)14-5-4-10-25-13-14/h14,23H,1-10,12-13H2,(H,21,24)/t14-/m1/s1. The minimum absolute atomic E-state index is 0.0607. The molecule has 1 amide bonds. The number of aliphatic hydroxyl groups is 1. The lowest BCUT2D eigenvalue weighted by Crippen LogP contribution is -2.44. The van der Waals surface area contributed by atoms with Crippen molar-refractivity contribution in [2.75, 3.05) is 36.5 Å². The van der Waals surface area contributed by atoms with E-state index in [1.54, 1.807) is 11.3 Å². The number of amides is 1. The summed E-state index contributed by atoms with van der Waals surface area (Å²) in [4.78, 5) is 16.0. The van der Waals surface area contributed by atoms with E-state index in [1.807, 2.05) is 11.8 Å². The molecule has 0 unspecified atom stereocenters. The van der Waals surface area contributed by atoms with Gasteiger partial charge in [-0.1, -0.05) is 6.42 Å². The second-order valence-corrected chi connectivity index (χ2v) is 9.25. The van der Waals surface area contributed by atoms with E-state index in [4.69, 9.17) is 0 Å². The van der Waals surface area contributed by atoms with E-state index < -0.39 is 0 Å². The number of nitriles is 1. The van der Waals surface area contributed by atoms with E-state index in [0.29, 0.717) is 23.2 Å². The first-order valence-corrected chi connectivity index (χ1v) is 11.5. The Balaban J connectivity index is 1.68. The van der Waals surface area contributed by atoms with Gasteiger partial charge in [0.2, 0.25) is 5.91 Å². The van der Waals surface area contributed by atoms with E-state index in [2.05, 4.69) is 16.3 Å². The number of hydrogen-bond donors (Lipinski definition) is 2. The molecule has 2 heterocycles. The molecule has 1 aliphatic heterocycles. The Labute approximate surface area is 163 Å². The summed E-state index contributed by atoms with van der Waals surface area (Å²) in [7, 11) is 0. The lowest BCUT2D eigenvalue weighted by atomic mass is 10.1. The quantitative estimate of drug-likeness (QED) is 0.727. The molecule has 0 bridgehead atoms. The van der Waals surface area contributed by atoms with Crippen LogP contribution in [0, 0.1) is 11.3 Å². The molecule has 5 nitrogen and oxygen atoms in total. The third-order valence-corrected chi connectivity index (χ3v) is 7.58. The van der Waals surface area contributed by atoms with Gasteiger partial charge in [-0.2, -0.15) is 17.0 Å². The lowest BCUT2D eigenvalue weighted by molar-refractivity contribution is -0.117. The Morgan fingerprint density at radius 3 is 2.88 bits per heavy atom. The van der Waals surface area contributed by atoms with Crippen LogP contribution in [0.15, 0.2) is 0 Å². The number of carbonyl (C=O) groups is 1. The highest BCUT2D eigenvalue weighted by molar-refractivity contribution is 7.99. The number of thioether (sulfide) groups is 1. The van der Waals surface area contributed by atoms with Gasteiger partial charge in [0.15, 0.2) is 0 Å². The van der Waals surface area contributed by atoms with Gasteiger partial charge in [0.05, 0.1) is 18.7 Å². The fourth-order valence-electron chi connectivity index (χ4n) is 3.83. The first-order chi connectivity index (χ1) is 12.7. The lowest BCUT2D eigenvalue weighted by Gasteiger charge is -2.33. The Morgan fingerprint density at radius 2 is 2.15 bits per heavy atom. The molecule has 1 aromatic rings. The largest absolute Gasteiger partial charge is 0.395 e. The molecule has 0 radical (unpaired) electrons. The maximum absolute atomic E-state index is 12.6. The van der Waals surface area contributed by atoms with Gasteiger partial charge in [0, 0.05) is 23.2 Å². The van der Waals surface area contributed by atoms with E-state index in [1.165, 1.54) is 17.1 Å². The summed E-state index contributed by atoms with van der Waals surface area (Å²) in [5.41, 5.74) is 1.82. The molecule has 7 heteroatoms. The van der Waals surface area contributed by atoms with Crippen LogP contribution < -0.4 is 5.32 Å². The molecule has 1 aliphatic carbocycles. The van der Waals surface area contributed by atoms with E-state index in [0.717, 1.165) is 49.8 Å². The third-order valence-electron chi connectivity index (χ3n) is 5.17. The van der Waals surface area contributed by atoms with Crippen molar-refractivity contribution in [1.29, 1.82) is 5.26 Å². The number of aliphatic hydroxyl groups excluding tert-OH is 1. The molecule has 1 aromatic heterocycles. The fraction of sp³-hybridized carbons (Fsp3) is 0.684. The first-order valence-electron chi connectivity index (χ1n) is 9.50. The SMILES string of the molecule is N#Cc1c(NC(=O)CN(CCO)[C@@H]2CCCSC2)sc2c1CCCCC2. The van der Waals surface area contributed by atoms with Gasteiger partial charge >= 0.3 is 0 Å². The minimum atomic E-state index is -0.0815. The number of hydrogen-bond acceptors (Lipinski definition) is 6. The zero-order valence-electron chi connectivity index (χ0n) is 15.1. The van der Waals surface area contributed by atoms with Crippen molar-refractivity contribution < 1.29 is 9.90 Å². The minimum Gasteiger partial charge on any atom is -0.395 e. The van der Waals surface area contributed by atoms with Crippen molar-refractivity contribution in [2.45, 2.75) is 51.0 Å². The summed E-state index contributed by atoms with van der Waals surface area (Å²) in [5, 5.41) is 22.7. The number of fused-ring (bicyclic) bond motifs is 1. The highest BCUT2D eigenvalue weighted by atomic mass is 32.2. The van der Waals surface area contributed by atoms with Gasteiger partial charge in [0.25, 0.3) is 0 Å². The van der Waals surface area contributed by atoms with Gasteiger partial charge in [-0.05, 0) is 49.8 Å². The van der Waals surface area contributed by atoms with Crippen molar-refractivity contribution >= 4 is 34.0 Å². The molecule has 0 saturated carbocycles. The first kappa shape index (κ1) is 19.7. The predicted octanol–water partition coefficient (Wildman–Crippen LogP) is 3.02. The molecule has 0 aromatic carbocycles. The predicted molar refractivity (Wildman–Crippen MR) is 108 cm³/mol. The van der Waals surface area contributed by atoms with Crippen LogP contribution in [-0.4, -0.2) is 53.2 Å². The maximum atomic E-state index is 12.6. The average molecular weight is 394 g/mol. The van der Waals surface area contributed by atoms with E-state index in [-0.39, 0.29) is 19.1 Å². The molecule has 26 heavy (non-hydrogen) atoms. The number of nitrogens with zero attached hydrogens (tertiary/aromatic N) is 2. The number of rotatable bonds is 6. The molecule has 2 aliphatic rings. The van der Waals surface area contributed by atoms with Gasteiger partial charge in [-0.15, -0.1) is 11.3 Å². The number of nitrogens with one attached hydrogen (secondary N) is 1. The van der Waals surface area contributed by atoms with Crippen LogP contribution in [0.5, 0.6) is 0 Å². The summed E-state index contributed by atoms with van der Waals surface area (Å²) in [6.45, 7) is 0.856. The van der Waals surface area contributed by atoms with Crippen molar-refractivity contribution in [1.82, 2.24) is 4.90 Å². The van der Waals surface area contributed by atoms with Gasteiger partial charge in [0.1, 0.15) is 11.1 Å². The van der Waals surface area contributed by atoms with E-state index >= 15 is 0 Å². The third kappa shape index (κ3) is 4.80. The number of aryl methyl sites for hydroxylation is 1. The maximum Gasteiger partial charge on any atom is 0.239 e.